The highest BCUT2D eigenvalue weighted by molar-refractivity contribution is 7.90. The van der Waals surface area contributed by atoms with Gasteiger partial charge < -0.3 is 5.32 Å². The summed E-state index contributed by atoms with van der Waals surface area (Å²) in [4.78, 5) is 0. The maximum absolute atomic E-state index is 13.4. The lowest BCUT2D eigenvalue weighted by Gasteiger charge is -2.19. The van der Waals surface area contributed by atoms with Crippen molar-refractivity contribution in [3.8, 4) is 0 Å². The van der Waals surface area contributed by atoms with Crippen LogP contribution in [-0.2, 0) is 10.0 Å². The van der Waals surface area contributed by atoms with Crippen molar-refractivity contribution in [2.45, 2.75) is 44.8 Å². The number of halogens is 3. The average molecular weight is 352 g/mol. The normalized spacial score (nSPS) is 12.4. The van der Waals surface area contributed by atoms with Gasteiger partial charge in [-0.2, -0.15) is 0 Å². The van der Waals surface area contributed by atoms with Crippen LogP contribution < -0.4 is 10.0 Å². The first-order valence-corrected chi connectivity index (χ1v) is 8.91. The maximum atomic E-state index is 13.4. The largest absolute Gasteiger partial charge is 0.383 e. The van der Waals surface area contributed by atoms with Gasteiger partial charge in [-0.1, -0.05) is 6.42 Å². The Labute approximate surface area is 135 Å². The van der Waals surface area contributed by atoms with Gasteiger partial charge in [0.25, 0.3) is 0 Å². The van der Waals surface area contributed by atoms with E-state index in [0.29, 0.717) is 32.4 Å². The maximum Gasteiger partial charge on any atom is 0.216 e. The fourth-order valence-electron chi connectivity index (χ4n) is 1.74. The Bertz CT molecular complexity index is 628. The lowest BCUT2D eigenvalue weighted by Crippen LogP contribution is -2.39. The molecule has 0 spiro atoms. The molecule has 0 atom stereocenters. The van der Waals surface area contributed by atoms with E-state index in [2.05, 4.69) is 10.0 Å². The molecule has 8 heteroatoms. The van der Waals surface area contributed by atoms with E-state index in [-0.39, 0.29) is 5.69 Å². The second-order valence-corrected chi connectivity index (χ2v) is 8.74. The summed E-state index contributed by atoms with van der Waals surface area (Å²) in [7, 11) is -3.34. The minimum atomic E-state index is -3.34. The Morgan fingerprint density at radius 1 is 0.957 bits per heavy atom. The van der Waals surface area contributed by atoms with Crippen molar-refractivity contribution in [3.05, 3.63) is 29.6 Å². The third kappa shape index (κ3) is 5.69. The molecule has 0 unspecified atom stereocenters. The Morgan fingerprint density at radius 3 is 2.17 bits per heavy atom. The molecule has 0 aliphatic heterocycles. The van der Waals surface area contributed by atoms with Crippen molar-refractivity contribution in [1.82, 2.24) is 4.72 Å². The van der Waals surface area contributed by atoms with Crippen LogP contribution >= 0.6 is 0 Å². The molecule has 23 heavy (non-hydrogen) atoms. The van der Waals surface area contributed by atoms with E-state index in [1.54, 1.807) is 20.8 Å². The molecule has 0 saturated heterocycles. The van der Waals surface area contributed by atoms with Gasteiger partial charge in [-0.05, 0) is 45.7 Å². The molecule has 0 heterocycles. The summed E-state index contributed by atoms with van der Waals surface area (Å²) in [5.41, 5.74) is -0.0858. The molecule has 0 amide bonds. The van der Waals surface area contributed by atoms with Gasteiger partial charge >= 0.3 is 0 Å². The molecule has 132 valence electrons. The van der Waals surface area contributed by atoms with Crippen LogP contribution in [-0.4, -0.2) is 26.3 Å². The molecule has 0 fully saturated rings. The highest BCUT2D eigenvalue weighted by Crippen LogP contribution is 2.19. The van der Waals surface area contributed by atoms with Crippen LogP contribution in [0.25, 0.3) is 0 Å². The van der Waals surface area contributed by atoms with Crippen LogP contribution in [0.4, 0.5) is 18.9 Å². The van der Waals surface area contributed by atoms with Crippen molar-refractivity contribution >= 4 is 15.7 Å². The summed E-state index contributed by atoms with van der Waals surface area (Å²) in [5.74, 6) is -3.95. The molecule has 1 aromatic carbocycles. The molecule has 0 radical (unpaired) electrons. The van der Waals surface area contributed by atoms with Gasteiger partial charge in [-0.15, -0.1) is 0 Å². The van der Waals surface area contributed by atoms with E-state index in [1.165, 1.54) is 0 Å². The van der Waals surface area contributed by atoms with Crippen LogP contribution in [0, 0.1) is 17.5 Å². The van der Waals surface area contributed by atoms with E-state index in [9.17, 15) is 21.6 Å². The molecule has 0 aliphatic rings. The smallest absolute Gasteiger partial charge is 0.216 e. The van der Waals surface area contributed by atoms with Crippen LogP contribution in [0.3, 0.4) is 0 Å². The Morgan fingerprint density at radius 2 is 1.57 bits per heavy atom. The van der Waals surface area contributed by atoms with Crippen molar-refractivity contribution in [3.63, 3.8) is 0 Å². The third-order valence-electron chi connectivity index (χ3n) is 3.30. The summed E-state index contributed by atoms with van der Waals surface area (Å²) in [6, 6.07) is 2.01. The second-order valence-electron chi connectivity index (χ2n) is 6.22. The number of anilines is 1. The molecule has 0 aliphatic carbocycles. The molecule has 1 aromatic rings. The van der Waals surface area contributed by atoms with Gasteiger partial charge in [0.1, 0.15) is 0 Å². The molecule has 2 N–H and O–H groups in total. The van der Waals surface area contributed by atoms with Crippen LogP contribution in [0.2, 0.25) is 0 Å². The molecule has 0 bridgehead atoms. The molecule has 0 aromatic heterocycles. The lowest BCUT2D eigenvalue weighted by molar-refractivity contribution is 0.449. The van der Waals surface area contributed by atoms with E-state index in [0.717, 1.165) is 12.1 Å². The summed E-state index contributed by atoms with van der Waals surface area (Å²) in [6.45, 7) is 5.58. The van der Waals surface area contributed by atoms with Gasteiger partial charge in [0.2, 0.25) is 10.0 Å². The Hall–Kier alpha value is -1.28. The summed E-state index contributed by atoms with van der Waals surface area (Å²) < 4.78 is 64.4. The molecular formula is C15H23F3N2O2S. The van der Waals surface area contributed by atoms with Crippen molar-refractivity contribution in [1.29, 1.82) is 0 Å². The van der Waals surface area contributed by atoms with Gasteiger partial charge in [-0.3, -0.25) is 0 Å². The fraction of sp³-hybridized carbons (Fsp3) is 0.600. The number of unbranched alkanes of at least 4 members (excludes halogenated alkanes) is 2. The van der Waals surface area contributed by atoms with Crippen molar-refractivity contribution in [2.75, 3.05) is 18.4 Å². The number of benzene rings is 1. The Kier molecular flexibility index (Phi) is 6.88. The third-order valence-corrected chi connectivity index (χ3v) is 5.50. The summed E-state index contributed by atoms with van der Waals surface area (Å²) in [5, 5.41) is 2.69. The van der Waals surface area contributed by atoms with Gasteiger partial charge in [-0.25, -0.2) is 26.3 Å². The highest BCUT2D eigenvalue weighted by Gasteiger charge is 2.27. The van der Waals surface area contributed by atoms with E-state index >= 15 is 0 Å². The number of hydrogen-bond donors (Lipinski definition) is 2. The van der Waals surface area contributed by atoms with E-state index < -0.39 is 32.2 Å². The fourth-order valence-corrected chi connectivity index (χ4v) is 2.58. The SMILES string of the molecule is CC(C)(C)S(=O)(=O)NCCCCCNc1ccc(F)c(F)c1F. The van der Waals surface area contributed by atoms with Gasteiger partial charge in [0, 0.05) is 13.1 Å². The van der Waals surface area contributed by atoms with Gasteiger partial charge in [0.15, 0.2) is 17.5 Å². The van der Waals surface area contributed by atoms with Crippen LogP contribution in [0.15, 0.2) is 12.1 Å². The standard InChI is InChI=1S/C15H23F3N2O2S/c1-15(2,3)23(21,22)20-10-6-4-5-9-19-12-8-7-11(16)13(17)14(12)18/h7-8,19-20H,4-6,9-10H2,1-3H3. The quantitative estimate of drug-likeness (QED) is 0.557. The van der Waals surface area contributed by atoms with Crippen molar-refractivity contribution in [2.24, 2.45) is 0 Å². The molecule has 0 saturated carbocycles. The Balaban J connectivity index is 2.26. The topological polar surface area (TPSA) is 58.2 Å². The van der Waals surface area contributed by atoms with E-state index in [4.69, 9.17) is 0 Å². The monoisotopic (exact) mass is 352 g/mol. The number of rotatable bonds is 8. The second kappa shape index (κ2) is 8.01. The first-order valence-electron chi connectivity index (χ1n) is 7.43. The summed E-state index contributed by atoms with van der Waals surface area (Å²) >= 11 is 0. The molecular weight excluding hydrogens is 329 g/mol. The first-order chi connectivity index (χ1) is 10.6. The highest BCUT2D eigenvalue weighted by atomic mass is 32.2. The molecule has 1 rings (SSSR count). The minimum absolute atomic E-state index is 0.0858. The van der Waals surface area contributed by atoms with Crippen LogP contribution in [0.1, 0.15) is 40.0 Å². The summed E-state index contributed by atoms with van der Waals surface area (Å²) in [6.07, 6.45) is 2.00. The molecule has 4 nitrogen and oxygen atoms in total. The zero-order valence-electron chi connectivity index (χ0n) is 13.5. The predicted octanol–water partition coefficient (Wildman–Crippen LogP) is 3.40. The predicted molar refractivity (Wildman–Crippen MR) is 85.3 cm³/mol. The zero-order chi connectivity index (χ0) is 17.7. The zero-order valence-corrected chi connectivity index (χ0v) is 14.4. The van der Waals surface area contributed by atoms with Crippen molar-refractivity contribution < 1.29 is 21.6 Å². The average Bonchev–Trinajstić information content (AvgIpc) is 2.44. The number of nitrogens with one attached hydrogen (secondary N) is 2. The van der Waals surface area contributed by atoms with Gasteiger partial charge in [0.05, 0.1) is 10.4 Å². The minimum Gasteiger partial charge on any atom is -0.383 e. The lowest BCUT2D eigenvalue weighted by atomic mass is 10.2. The number of hydrogen-bond acceptors (Lipinski definition) is 3. The van der Waals surface area contributed by atoms with E-state index in [1.807, 2.05) is 0 Å². The van der Waals surface area contributed by atoms with Crippen LogP contribution in [0.5, 0.6) is 0 Å². The number of sulfonamides is 1. The first kappa shape index (κ1) is 19.8.